The van der Waals surface area contributed by atoms with Crippen LogP contribution < -0.4 is 0 Å². The molecule has 0 aromatic heterocycles. The Kier molecular flexibility index (Phi) is 12.1. The van der Waals surface area contributed by atoms with Gasteiger partial charge in [0.05, 0.1) is 12.2 Å². The van der Waals surface area contributed by atoms with Crippen molar-refractivity contribution < 1.29 is 47.5 Å². The first-order valence-corrected chi connectivity index (χ1v) is 14.2. The lowest BCUT2D eigenvalue weighted by Gasteiger charge is -2.47. The number of hydrogen-bond acceptors (Lipinski definition) is 11. The van der Waals surface area contributed by atoms with Crippen LogP contribution in [0.5, 0.6) is 0 Å². The van der Waals surface area contributed by atoms with E-state index in [4.69, 9.17) is 73.4 Å². The SMILES string of the molecule is CC(=O)O[C@@H]1[C@@H](I)[C@H](O[C@@H]2[C@@H](I)[C@H](OC(=N)C(Cl)(Cl)Cl)O[C@H](C)[C@H]2OC(C)=O)O[C@H](C)[C@H]1OC(C)=O. The minimum absolute atomic E-state index is 0.563. The average molecular weight is 801 g/mol. The normalized spacial score (nSPS) is 36.9. The molecule has 0 unspecified atom stereocenters. The standard InChI is InChI=1S/C20H26Cl3I2NO10/c1-6-13(32-8(3)27)15(34-10(5)29)11(24)17(30-6)35-16-12(25)18(36-19(26)20(21,22)23)31-7(2)14(16)33-9(4)28/h6-7,11-18,26H,1-5H3/t6-,7-,11-,12-,13-,14-,15-,16-,17+,18+/m1/s1. The van der Waals surface area contributed by atoms with E-state index in [1.165, 1.54) is 20.8 Å². The van der Waals surface area contributed by atoms with Crippen molar-refractivity contribution in [2.75, 3.05) is 0 Å². The maximum atomic E-state index is 11.8. The molecule has 0 bridgehead atoms. The van der Waals surface area contributed by atoms with Crippen LogP contribution in [0.2, 0.25) is 0 Å². The molecule has 2 aliphatic rings. The van der Waals surface area contributed by atoms with Crippen LogP contribution in [0.15, 0.2) is 0 Å². The van der Waals surface area contributed by atoms with Gasteiger partial charge in [0, 0.05) is 20.8 Å². The molecular formula is C20H26Cl3I2NO10. The minimum atomic E-state index is -2.12. The van der Waals surface area contributed by atoms with E-state index < -0.39 is 84.7 Å². The fraction of sp³-hybridized carbons (Fsp3) is 0.800. The monoisotopic (exact) mass is 799 g/mol. The molecule has 10 atom stereocenters. The molecule has 206 valence electrons. The van der Waals surface area contributed by atoms with Gasteiger partial charge in [-0.25, -0.2) is 0 Å². The van der Waals surface area contributed by atoms with Crippen molar-refractivity contribution in [3.8, 4) is 0 Å². The molecule has 11 nitrogen and oxygen atoms in total. The smallest absolute Gasteiger partial charge is 0.303 e. The Bertz CT molecular complexity index is 847. The molecule has 0 saturated carbocycles. The van der Waals surface area contributed by atoms with Crippen molar-refractivity contribution in [2.24, 2.45) is 0 Å². The first-order chi connectivity index (χ1) is 16.5. The molecule has 2 fully saturated rings. The van der Waals surface area contributed by atoms with Gasteiger partial charge in [0.25, 0.3) is 3.79 Å². The number of carbonyl (C=O) groups excluding carboxylic acids is 3. The minimum Gasteiger partial charge on any atom is -0.457 e. The molecule has 0 radical (unpaired) electrons. The Morgan fingerprint density at radius 2 is 1.11 bits per heavy atom. The zero-order chi connectivity index (χ0) is 27.5. The molecule has 0 amide bonds. The summed E-state index contributed by atoms with van der Waals surface area (Å²) in [5.41, 5.74) is 0. The van der Waals surface area contributed by atoms with Crippen LogP contribution in [-0.4, -0.2) is 84.7 Å². The third-order valence-corrected chi connectivity index (χ3v) is 8.21. The third-order valence-electron chi connectivity index (χ3n) is 5.11. The van der Waals surface area contributed by atoms with Gasteiger partial charge in [-0.05, 0) is 13.8 Å². The van der Waals surface area contributed by atoms with Gasteiger partial charge in [-0.2, -0.15) is 0 Å². The van der Waals surface area contributed by atoms with Crippen LogP contribution in [0.3, 0.4) is 0 Å². The number of alkyl halides is 5. The summed E-state index contributed by atoms with van der Waals surface area (Å²) in [7, 11) is 0. The van der Waals surface area contributed by atoms with Crippen molar-refractivity contribution in [3.63, 3.8) is 0 Å². The number of ether oxygens (including phenoxy) is 7. The van der Waals surface area contributed by atoms with Crippen molar-refractivity contribution in [1.29, 1.82) is 5.41 Å². The Morgan fingerprint density at radius 3 is 1.56 bits per heavy atom. The number of carbonyl (C=O) groups is 3. The van der Waals surface area contributed by atoms with Crippen molar-refractivity contribution >= 4 is 104 Å². The van der Waals surface area contributed by atoms with Crippen molar-refractivity contribution in [3.05, 3.63) is 0 Å². The second-order valence-electron chi connectivity index (χ2n) is 8.08. The summed E-state index contributed by atoms with van der Waals surface area (Å²) in [6.07, 6.45) is -7.09. The number of esters is 3. The van der Waals surface area contributed by atoms with E-state index in [9.17, 15) is 14.4 Å². The van der Waals surface area contributed by atoms with Crippen molar-refractivity contribution in [1.82, 2.24) is 0 Å². The lowest BCUT2D eigenvalue weighted by molar-refractivity contribution is -0.294. The van der Waals surface area contributed by atoms with E-state index in [1.807, 2.05) is 45.2 Å². The lowest BCUT2D eigenvalue weighted by Crippen LogP contribution is -2.63. The second-order valence-corrected chi connectivity index (χ2v) is 13.2. The van der Waals surface area contributed by atoms with Crippen molar-refractivity contribution in [2.45, 2.75) is 95.5 Å². The highest BCUT2D eigenvalue weighted by molar-refractivity contribution is 14.1. The molecule has 2 aliphatic heterocycles. The Balaban J connectivity index is 2.34. The highest BCUT2D eigenvalue weighted by Crippen LogP contribution is 2.38. The quantitative estimate of drug-likeness (QED) is 0.106. The van der Waals surface area contributed by atoms with Gasteiger partial charge >= 0.3 is 17.9 Å². The molecular weight excluding hydrogens is 774 g/mol. The van der Waals surface area contributed by atoms with Crippen LogP contribution in [0, 0.1) is 5.41 Å². The van der Waals surface area contributed by atoms with E-state index in [0.717, 1.165) is 0 Å². The van der Waals surface area contributed by atoms with E-state index >= 15 is 0 Å². The molecule has 2 heterocycles. The molecule has 2 saturated heterocycles. The fourth-order valence-electron chi connectivity index (χ4n) is 3.66. The van der Waals surface area contributed by atoms with Gasteiger partial charge in [0.2, 0.25) is 12.2 Å². The van der Waals surface area contributed by atoms with Gasteiger partial charge < -0.3 is 33.2 Å². The molecule has 2 rings (SSSR count). The maximum absolute atomic E-state index is 11.8. The highest BCUT2D eigenvalue weighted by atomic mass is 127. The number of halogens is 5. The van der Waals surface area contributed by atoms with Gasteiger partial charge in [-0.3, -0.25) is 19.8 Å². The Labute approximate surface area is 250 Å². The average Bonchev–Trinajstić information content (AvgIpc) is 2.72. The lowest BCUT2D eigenvalue weighted by atomic mass is 9.99. The summed E-state index contributed by atoms with van der Waals surface area (Å²) < 4.78 is 36.4. The van der Waals surface area contributed by atoms with Crippen LogP contribution in [0.25, 0.3) is 0 Å². The van der Waals surface area contributed by atoms with Crippen LogP contribution in [0.4, 0.5) is 0 Å². The van der Waals surface area contributed by atoms with Crippen LogP contribution in [-0.2, 0) is 47.5 Å². The zero-order valence-electron chi connectivity index (χ0n) is 19.7. The first kappa shape index (κ1) is 32.3. The number of nitrogens with one attached hydrogen (secondary N) is 1. The number of rotatable bonds is 6. The summed E-state index contributed by atoms with van der Waals surface area (Å²) in [6.45, 7) is 7.00. The molecule has 36 heavy (non-hydrogen) atoms. The Hall–Kier alpha value is 0.0900. The largest absolute Gasteiger partial charge is 0.457 e. The van der Waals surface area contributed by atoms with E-state index in [-0.39, 0.29) is 0 Å². The number of hydrogen-bond donors (Lipinski definition) is 1. The van der Waals surface area contributed by atoms with E-state index in [0.29, 0.717) is 0 Å². The van der Waals surface area contributed by atoms with Gasteiger partial charge in [-0.1, -0.05) is 80.0 Å². The van der Waals surface area contributed by atoms with E-state index in [2.05, 4.69) is 0 Å². The van der Waals surface area contributed by atoms with E-state index in [1.54, 1.807) is 13.8 Å². The van der Waals surface area contributed by atoms with Crippen LogP contribution in [0.1, 0.15) is 34.6 Å². The molecule has 16 heteroatoms. The highest BCUT2D eigenvalue weighted by Gasteiger charge is 2.53. The third kappa shape index (κ3) is 8.55. The van der Waals surface area contributed by atoms with Gasteiger partial charge in [-0.15, -0.1) is 0 Å². The molecule has 0 spiro atoms. The molecule has 0 aromatic carbocycles. The Morgan fingerprint density at radius 1 is 0.722 bits per heavy atom. The fourth-order valence-corrected chi connectivity index (χ4v) is 5.58. The summed E-state index contributed by atoms with van der Waals surface area (Å²) in [5.74, 6) is -2.37. The predicted molar refractivity (Wildman–Crippen MR) is 145 cm³/mol. The second kappa shape index (κ2) is 13.4. The zero-order valence-corrected chi connectivity index (χ0v) is 26.3. The summed E-state index contributed by atoms with van der Waals surface area (Å²) in [5, 5.41) is 7.90. The first-order valence-electron chi connectivity index (χ1n) is 10.6. The summed E-state index contributed by atoms with van der Waals surface area (Å²) in [6, 6.07) is 0. The maximum Gasteiger partial charge on any atom is 0.303 e. The van der Waals surface area contributed by atoms with Gasteiger partial charge in [0.1, 0.15) is 14.0 Å². The molecule has 1 N–H and O–H groups in total. The summed E-state index contributed by atoms with van der Waals surface area (Å²) in [4.78, 5) is 35.3. The van der Waals surface area contributed by atoms with Gasteiger partial charge in [0.15, 0.2) is 24.6 Å². The topological polar surface area (TPSA) is 140 Å². The summed E-state index contributed by atoms with van der Waals surface area (Å²) >= 11 is 21.2. The molecule has 0 aliphatic carbocycles. The molecule has 0 aromatic rings. The van der Waals surface area contributed by atoms with Crippen LogP contribution >= 0.6 is 80.0 Å². The predicted octanol–water partition coefficient (Wildman–Crippen LogP) is 3.63.